The molecule has 12 heavy (non-hydrogen) atoms. The molecule has 0 aliphatic heterocycles. The van der Waals surface area contributed by atoms with Crippen LogP contribution in [0.4, 0.5) is 4.79 Å². The molecule has 0 saturated heterocycles. The van der Waals surface area contributed by atoms with Gasteiger partial charge < -0.3 is 11.1 Å². The Hall–Kier alpha value is -0.730. The summed E-state index contributed by atoms with van der Waals surface area (Å²) in [6, 6.07) is -0.452. The van der Waals surface area contributed by atoms with Gasteiger partial charge >= 0.3 is 6.03 Å². The van der Waals surface area contributed by atoms with Crippen LogP contribution in [0.2, 0.25) is 0 Å². The summed E-state index contributed by atoms with van der Waals surface area (Å²) in [6.45, 7) is 11.3. The summed E-state index contributed by atoms with van der Waals surface area (Å²) in [6.07, 6.45) is 0. The predicted molar refractivity (Wildman–Crippen MR) is 50.8 cm³/mol. The van der Waals surface area contributed by atoms with Gasteiger partial charge in [0.05, 0.1) is 0 Å². The first-order valence-corrected chi connectivity index (χ1v) is 4.20. The van der Waals surface area contributed by atoms with Crippen molar-refractivity contribution in [2.45, 2.75) is 34.6 Å². The second-order valence-corrected chi connectivity index (χ2v) is 4.85. The monoisotopic (exact) mass is 172 g/mol. The fraction of sp³-hybridized carbons (Fsp3) is 0.889. The van der Waals surface area contributed by atoms with Crippen LogP contribution in [0.25, 0.3) is 0 Å². The summed E-state index contributed by atoms with van der Waals surface area (Å²) in [7, 11) is 0. The minimum Gasteiger partial charge on any atom is -0.352 e. The van der Waals surface area contributed by atoms with Gasteiger partial charge in [0, 0.05) is 6.54 Å². The van der Waals surface area contributed by atoms with Gasteiger partial charge in [0.15, 0.2) is 0 Å². The van der Waals surface area contributed by atoms with E-state index in [1.54, 1.807) is 0 Å². The molecule has 2 amide bonds. The number of carbonyl (C=O) groups excluding carboxylic acids is 1. The van der Waals surface area contributed by atoms with Gasteiger partial charge in [0.2, 0.25) is 0 Å². The molecule has 0 unspecified atom stereocenters. The van der Waals surface area contributed by atoms with Crippen molar-refractivity contribution in [1.29, 1.82) is 0 Å². The summed E-state index contributed by atoms with van der Waals surface area (Å²) in [5.74, 6) is 0. The average Bonchev–Trinajstić information content (AvgIpc) is 1.81. The van der Waals surface area contributed by atoms with E-state index in [0.717, 1.165) is 0 Å². The molecule has 0 aromatic heterocycles. The number of nitrogens with one attached hydrogen (secondary N) is 1. The van der Waals surface area contributed by atoms with E-state index in [1.807, 2.05) is 0 Å². The highest BCUT2D eigenvalue weighted by molar-refractivity contribution is 5.71. The van der Waals surface area contributed by atoms with Gasteiger partial charge in [-0.05, 0) is 10.8 Å². The Labute approximate surface area is 74.7 Å². The van der Waals surface area contributed by atoms with E-state index in [4.69, 9.17) is 5.73 Å². The molecule has 3 nitrogen and oxygen atoms in total. The van der Waals surface area contributed by atoms with Crippen LogP contribution in [-0.4, -0.2) is 12.6 Å². The van der Waals surface area contributed by atoms with E-state index in [-0.39, 0.29) is 10.8 Å². The smallest absolute Gasteiger partial charge is 0.312 e. The number of primary amides is 1. The summed E-state index contributed by atoms with van der Waals surface area (Å²) in [5.41, 5.74) is 5.21. The van der Waals surface area contributed by atoms with Gasteiger partial charge in [-0.15, -0.1) is 0 Å². The molecular formula is C9H20N2O. The van der Waals surface area contributed by atoms with Crippen LogP contribution < -0.4 is 11.1 Å². The highest BCUT2D eigenvalue weighted by Crippen LogP contribution is 2.36. The highest BCUT2D eigenvalue weighted by atomic mass is 16.2. The zero-order chi connectivity index (χ0) is 9.99. The standard InChI is InChI=1S/C9H20N2O/c1-8(2,3)9(4,5)6-11-7(10)12/h6H2,1-5H3,(H3,10,11,12). The lowest BCUT2D eigenvalue weighted by atomic mass is 9.69. The molecule has 0 radical (unpaired) electrons. The Morgan fingerprint density at radius 1 is 1.25 bits per heavy atom. The molecule has 0 aliphatic rings. The number of rotatable bonds is 2. The quantitative estimate of drug-likeness (QED) is 0.654. The van der Waals surface area contributed by atoms with Crippen molar-refractivity contribution in [2.75, 3.05) is 6.54 Å². The third kappa shape index (κ3) is 3.11. The molecule has 3 N–H and O–H groups in total. The van der Waals surface area contributed by atoms with Crippen molar-refractivity contribution in [2.24, 2.45) is 16.6 Å². The summed E-state index contributed by atoms with van der Waals surface area (Å²) < 4.78 is 0. The molecule has 0 aromatic carbocycles. The lowest BCUT2D eigenvalue weighted by molar-refractivity contribution is 0.132. The molecule has 0 fully saturated rings. The number of nitrogens with two attached hydrogens (primary N) is 1. The highest BCUT2D eigenvalue weighted by Gasteiger charge is 2.32. The summed E-state index contributed by atoms with van der Waals surface area (Å²) >= 11 is 0. The second kappa shape index (κ2) is 3.33. The molecule has 0 bridgehead atoms. The minimum absolute atomic E-state index is 0.0576. The zero-order valence-corrected chi connectivity index (χ0v) is 8.69. The van der Waals surface area contributed by atoms with Crippen molar-refractivity contribution >= 4 is 6.03 Å². The lowest BCUT2D eigenvalue weighted by Crippen LogP contribution is -2.43. The van der Waals surface area contributed by atoms with Crippen molar-refractivity contribution in [3.8, 4) is 0 Å². The number of hydrogen-bond donors (Lipinski definition) is 2. The molecule has 0 spiro atoms. The van der Waals surface area contributed by atoms with Crippen LogP contribution in [0, 0.1) is 10.8 Å². The van der Waals surface area contributed by atoms with Crippen molar-refractivity contribution < 1.29 is 4.79 Å². The minimum atomic E-state index is -0.452. The van der Waals surface area contributed by atoms with Crippen LogP contribution in [0.15, 0.2) is 0 Å². The van der Waals surface area contributed by atoms with Gasteiger partial charge in [-0.1, -0.05) is 34.6 Å². The Balaban J connectivity index is 4.14. The SMILES string of the molecule is CC(C)(C)C(C)(C)CNC(N)=O. The van der Waals surface area contributed by atoms with Crippen molar-refractivity contribution in [1.82, 2.24) is 5.32 Å². The molecule has 0 saturated carbocycles. The number of amides is 2. The summed E-state index contributed by atoms with van der Waals surface area (Å²) in [4.78, 5) is 10.5. The fourth-order valence-corrected chi connectivity index (χ4v) is 0.573. The van der Waals surface area contributed by atoms with Gasteiger partial charge in [-0.25, -0.2) is 4.79 Å². The lowest BCUT2D eigenvalue weighted by Gasteiger charge is -2.38. The third-order valence-electron chi connectivity index (χ3n) is 2.73. The van der Waals surface area contributed by atoms with Gasteiger partial charge in [0.25, 0.3) is 0 Å². The van der Waals surface area contributed by atoms with E-state index in [0.29, 0.717) is 6.54 Å². The zero-order valence-electron chi connectivity index (χ0n) is 8.69. The number of urea groups is 1. The molecule has 3 heteroatoms. The second-order valence-electron chi connectivity index (χ2n) is 4.85. The van der Waals surface area contributed by atoms with Crippen molar-refractivity contribution in [3.63, 3.8) is 0 Å². The molecule has 72 valence electrons. The molecule has 0 aromatic rings. The van der Waals surface area contributed by atoms with E-state index in [1.165, 1.54) is 0 Å². The molecule has 0 rings (SSSR count). The van der Waals surface area contributed by atoms with Crippen LogP contribution in [-0.2, 0) is 0 Å². The Morgan fingerprint density at radius 2 is 1.67 bits per heavy atom. The number of hydrogen-bond acceptors (Lipinski definition) is 1. The van der Waals surface area contributed by atoms with Gasteiger partial charge in [0.1, 0.15) is 0 Å². The van der Waals surface area contributed by atoms with Crippen molar-refractivity contribution in [3.05, 3.63) is 0 Å². The van der Waals surface area contributed by atoms with Crippen LogP contribution in [0.3, 0.4) is 0 Å². The molecule has 0 atom stereocenters. The topological polar surface area (TPSA) is 55.1 Å². The molecule has 0 heterocycles. The summed E-state index contributed by atoms with van der Waals surface area (Å²) in [5, 5.41) is 2.63. The van der Waals surface area contributed by atoms with Gasteiger partial charge in [-0.2, -0.15) is 0 Å². The Bertz CT molecular complexity index is 168. The molecular weight excluding hydrogens is 152 g/mol. The predicted octanol–water partition coefficient (Wildman–Crippen LogP) is 1.73. The Morgan fingerprint density at radius 3 is 1.92 bits per heavy atom. The first-order chi connectivity index (χ1) is 5.17. The number of carbonyl (C=O) groups is 1. The van der Waals surface area contributed by atoms with E-state index in [2.05, 4.69) is 39.9 Å². The first kappa shape index (κ1) is 11.3. The van der Waals surface area contributed by atoms with Gasteiger partial charge in [-0.3, -0.25) is 0 Å². The first-order valence-electron chi connectivity index (χ1n) is 4.20. The van der Waals surface area contributed by atoms with E-state index >= 15 is 0 Å². The van der Waals surface area contributed by atoms with Crippen LogP contribution in [0.5, 0.6) is 0 Å². The maximum atomic E-state index is 10.5. The van der Waals surface area contributed by atoms with Crippen LogP contribution in [0.1, 0.15) is 34.6 Å². The van der Waals surface area contributed by atoms with E-state index < -0.39 is 6.03 Å². The third-order valence-corrected chi connectivity index (χ3v) is 2.73. The average molecular weight is 172 g/mol. The Kier molecular flexibility index (Phi) is 3.13. The largest absolute Gasteiger partial charge is 0.352 e. The normalized spacial score (nSPS) is 12.8. The molecule has 0 aliphatic carbocycles. The fourth-order valence-electron chi connectivity index (χ4n) is 0.573. The maximum absolute atomic E-state index is 10.5. The maximum Gasteiger partial charge on any atom is 0.312 e. The van der Waals surface area contributed by atoms with Crippen LogP contribution >= 0.6 is 0 Å². The van der Waals surface area contributed by atoms with E-state index in [9.17, 15) is 4.79 Å².